The van der Waals surface area contributed by atoms with Crippen molar-refractivity contribution in [2.24, 2.45) is 0 Å². The maximum atomic E-state index is 12.4. The van der Waals surface area contributed by atoms with Crippen LogP contribution in [0, 0.1) is 0 Å². The fourth-order valence-electron chi connectivity index (χ4n) is 3.80. The van der Waals surface area contributed by atoms with E-state index in [-0.39, 0.29) is 21.9 Å². The number of sulfonamides is 1. The number of hydrogen-bond acceptors (Lipinski definition) is 5. The Morgan fingerprint density at radius 2 is 1.62 bits per heavy atom. The van der Waals surface area contributed by atoms with Crippen LogP contribution < -0.4 is 4.72 Å². The van der Waals surface area contributed by atoms with Crippen molar-refractivity contribution in [2.75, 3.05) is 6.61 Å². The summed E-state index contributed by atoms with van der Waals surface area (Å²) in [7, 11) is -4.12. The minimum Gasteiger partial charge on any atom is -0.448 e. The molecule has 0 radical (unpaired) electrons. The van der Waals surface area contributed by atoms with Crippen molar-refractivity contribution < 1.29 is 17.9 Å². The molecule has 0 aliphatic heterocycles. The van der Waals surface area contributed by atoms with E-state index in [1.165, 1.54) is 18.2 Å². The highest BCUT2D eigenvalue weighted by atomic mass is 35.5. The Kier molecular flexibility index (Phi) is 7.71. The first-order valence-electron chi connectivity index (χ1n) is 11.7. The van der Waals surface area contributed by atoms with Crippen molar-refractivity contribution in [2.45, 2.75) is 37.5 Å². The molecule has 9 heteroatoms. The molecule has 0 saturated carbocycles. The minimum atomic E-state index is -4.12. The van der Waals surface area contributed by atoms with Crippen LogP contribution in [0.5, 0.6) is 0 Å². The first-order valence-corrected chi connectivity index (χ1v) is 13.6. The van der Waals surface area contributed by atoms with Gasteiger partial charge in [-0.25, -0.2) is 22.9 Å². The summed E-state index contributed by atoms with van der Waals surface area (Å²) < 4.78 is 33.8. The molecule has 0 bridgehead atoms. The number of hydrogen-bond donors (Lipinski definition) is 1. The summed E-state index contributed by atoms with van der Waals surface area (Å²) in [5.41, 5.74) is 3.69. The topological polar surface area (TPSA) is 90.3 Å². The van der Waals surface area contributed by atoms with Gasteiger partial charge in [-0.05, 0) is 29.8 Å². The zero-order valence-corrected chi connectivity index (χ0v) is 22.4. The van der Waals surface area contributed by atoms with Gasteiger partial charge < -0.3 is 9.30 Å². The van der Waals surface area contributed by atoms with Crippen LogP contribution in [-0.2, 0) is 26.6 Å². The third-order valence-corrected chi connectivity index (χ3v) is 7.44. The molecule has 1 aromatic heterocycles. The summed E-state index contributed by atoms with van der Waals surface area (Å²) in [5.74, 6) is 0.943. The van der Waals surface area contributed by atoms with Gasteiger partial charge in [-0.2, -0.15) is 0 Å². The standard InChI is InChI=1S/C28H28ClN3O4S/c1-28(2,3)26-30-24(21-9-5-4-6-10-21)19-32(26)22-15-13-20(14-16-22)17-18-36-27(33)31-37(34,35)25-12-8-7-11-23(25)29/h4-16,19H,17-18H2,1-3H3,(H,31,33). The third-order valence-electron chi connectivity index (χ3n) is 5.63. The van der Waals surface area contributed by atoms with Crippen LogP contribution in [0.1, 0.15) is 32.2 Å². The first-order chi connectivity index (χ1) is 17.5. The Labute approximate surface area is 222 Å². The van der Waals surface area contributed by atoms with Gasteiger partial charge in [0.15, 0.2) is 0 Å². The van der Waals surface area contributed by atoms with Gasteiger partial charge >= 0.3 is 6.09 Å². The lowest BCUT2D eigenvalue weighted by Crippen LogP contribution is -2.31. The highest BCUT2D eigenvalue weighted by Gasteiger charge is 2.23. The second-order valence-electron chi connectivity index (χ2n) is 9.52. The summed E-state index contributed by atoms with van der Waals surface area (Å²) in [4.78, 5) is 16.8. The van der Waals surface area contributed by atoms with E-state index in [4.69, 9.17) is 21.3 Å². The van der Waals surface area contributed by atoms with Crippen molar-refractivity contribution in [3.63, 3.8) is 0 Å². The Morgan fingerprint density at radius 3 is 2.27 bits per heavy atom. The molecule has 7 nitrogen and oxygen atoms in total. The van der Waals surface area contributed by atoms with Gasteiger partial charge in [-0.15, -0.1) is 0 Å². The number of carbonyl (C=O) groups excluding carboxylic acids is 1. The summed E-state index contributed by atoms with van der Waals surface area (Å²) in [6, 6.07) is 23.8. The number of nitrogens with one attached hydrogen (secondary N) is 1. The van der Waals surface area contributed by atoms with Gasteiger partial charge in [-0.1, -0.05) is 87.0 Å². The molecule has 1 amide bonds. The summed E-state index contributed by atoms with van der Waals surface area (Å²) in [6.07, 6.45) is 1.40. The molecule has 4 rings (SSSR count). The van der Waals surface area contributed by atoms with E-state index >= 15 is 0 Å². The average molecular weight is 538 g/mol. The molecule has 0 aliphatic carbocycles. The van der Waals surface area contributed by atoms with Crippen LogP contribution in [0.25, 0.3) is 16.9 Å². The Balaban J connectivity index is 1.41. The fourth-order valence-corrected chi connectivity index (χ4v) is 5.21. The summed E-state index contributed by atoms with van der Waals surface area (Å²) >= 11 is 5.92. The molecule has 0 saturated heterocycles. The molecule has 0 atom stereocenters. The Hall–Kier alpha value is -3.62. The van der Waals surface area contributed by atoms with E-state index in [2.05, 4.69) is 25.3 Å². The van der Waals surface area contributed by atoms with E-state index < -0.39 is 16.1 Å². The zero-order chi connectivity index (χ0) is 26.6. The van der Waals surface area contributed by atoms with Gasteiger partial charge in [0, 0.05) is 29.3 Å². The zero-order valence-electron chi connectivity index (χ0n) is 20.8. The van der Waals surface area contributed by atoms with Crippen molar-refractivity contribution >= 4 is 27.7 Å². The molecule has 37 heavy (non-hydrogen) atoms. The molecule has 0 aliphatic rings. The van der Waals surface area contributed by atoms with Crippen LogP contribution in [0.3, 0.4) is 0 Å². The number of nitrogens with zero attached hydrogens (tertiary/aromatic N) is 2. The average Bonchev–Trinajstić information content (AvgIpc) is 3.31. The van der Waals surface area contributed by atoms with E-state index in [9.17, 15) is 13.2 Å². The summed E-state index contributed by atoms with van der Waals surface area (Å²) in [6.45, 7) is 6.40. The minimum absolute atomic E-state index is 0.0136. The van der Waals surface area contributed by atoms with Crippen LogP contribution in [-0.4, -0.2) is 30.7 Å². The third kappa shape index (κ3) is 6.39. The Morgan fingerprint density at radius 1 is 0.973 bits per heavy atom. The van der Waals surface area contributed by atoms with Crippen molar-refractivity contribution in [3.05, 3.63) is 101 Å². The highest BCUT2D eigenvalue weighted by Crippen LogP contribution is 2.29. The number of amides is 1. The SMILES string of the molecule is CC(C)(C)c1nc(-c2ccccc2)cn1-c1ccc(CCOC(=O)NS(=O)(=O)c2ccccc2Cl)cc1. The second-order valence-corrected chi connectivity index (χ2v) is 11.6. The number of halogens is 1. The van der Waals surface area contributed by atoms with E-state index in [1.54, 1.807) is 6.07 Å². The largest absolute Gasteiger partial charge is 0.448 e. The summed E-state index contributed by atoms with van der Waals surface area (Å²) in [5, 5.41) is 0.0197. The number of imidazole rings is 1. The lowest BCUT2D eigenvalue weighted by molar-refractivity contribution is 0.154. The quantitative estimate of drug-likeness (QED) is 0.305. The molecule has 1 heterocycles. The maximum Gasteiger partial charge on any atom is 0.421 e. The number of carbonyl (C=O) groups is 1. The van der Waals surface area contributed by atoms with Gasteiger partial charge in [-0.3, -0.25) is 0 Å². The van der Waals surface area contributed by atoms with Crippen molar-refractivity contribution in [1.29, 1.82) is 0 Å². The van der Waals surface area contributed by atoms with E-state index in [0.717, 1.165) is 28.3 Å². The lowest BCUT2D eigenvalue weighted by Gasteiger charge is -2.20. The van der Waals surface area contributed by atoms with Crippen molar-refractivity contribution in [3.8, 4) is 16.9 Å². The molecule has 4 aromatic rings. The number of benzene rings is 3. The normalized spacial score (nSPS) is 11.8. The monoisotopic (exact) mass is 537 g/mol. The Bertz CT molecular complexity index is 1490. The van der Waals surface area contributed by atoms with E-state index in [0.29, 0.717) is 6.42 Å². The van der Waals surface area contributed by atoms with Gasteiger partial charge in [0.2, 0.25) is 0 Å². The molecular formula is C28H28ClN3O4S. The van der Waals surface area contributed by atoms with Crippen molar-refractivity contribution in [1.82, 2.24) is 14.3 Å². The first kappa shape index (κ1) is 26.4. The van der Waals surface area contributed by atoms with Crippen LogP contribution in [0.15, 0.2) is 90.0 Å². The number of aromatic nitrogens is 2. The maximum absolute atomic E-state index is 12.4. The molecule has 3 aromatic carbocycles. The molecule has 0 spiro atoms. The van der Waals surface area contributed by atoms with Gasteiger partial charge in [0.05, 0.1) is 17.3 Å². The molecule has 0 fully saturated rings. The molecule has 0 unspecified atom stereocenters. The highest BCUT2D eigenvalue weighted by molar-refractivity contribution is 7.90. The van der Waals surface area contributed by atoms with Crippen LogP contribution in [0.2, 0.25) is 5.02 Å². The van der Waals surface area contributed by atoms with E-state index in [1.807, 2.05) is 65.5 Å². The van der Waals surface area contributed by atoms with Crippen LogP contribution >= 0.6 is 11.6 Å². The number of rotatable bonds is 7. The molecule has 192 valence electrons. The van der Waals surface area contributed by atoms with Crippen LogP contribution in [0.4, 0.5) is 4.79 Å². The second kappa shape index (κ2) is 10.8. The smallest absolute Gasteiger partial charge is 0.421 e. The fraction of sp³-hybridized carbons (Fsp3) is 0.214. The molecular weight excluding hydrogens is 510 g/mol. The number of ether oxygens (including phenoxy) is 1. The predicted molar refractivity (Wildman–Crippen MR) is 145 cm³/mol. The van der Waals surface area contributed by atoms with Gasteiger partial charge in [0.25, 0.3) is 10.0 Å². The predicted octanol–water partition coefficient (Wildman–Crippen LogP) is 6.15. The van der Waals surface area contributed by atoms with Gasteiger partial charge in [0.1, 0.15) is 10.7 Å². The lowest BCUT2D eigenvalue weighted by atomic mass is 9.95. The molecule has 1 N–H and O–H groups in total.